The zero-order valence-electron chi connectivity index (χ0n) is 14.7. The van der Waals surface area contributed by atoms with Crippen LogP contribution in [0.1, 0.15) is 16.1 Å². The van der Waals surface area contributed by atoms with Crippen LogP contribution >= 0.6 is 11.3 Å². The number of aromatic nitrogens is 1. The van der Waals surface area contributed by atoms with Gasteiger partial charge in [0.25, 0.3) is 5.91 Å². The van der Waals surface area contributed by atoms with Crippen LogP contribution in [0.15, 0.2) is 47.8 Å². The van der Waals surface area contributed by atoms with Gasteiger partial charge in [-0.15, -0.1) is 11.3 Å². The number of amides is 1. The monoisotopic (exact) mass is 369 g/mol. The Labute approximate surface area is 155 Å². The van der Waals surface area contributed by atoms with E-state index in [4.69, 9.17) is 9.47 Å². The van der Waals surface area contributed by atoms with Crippen molar-refractivity contribution in [1.82, 2.24) is 4.98 Å². The fourth-order valence-electron chi connectivity index (χ4n) is 2.37. The molecule has 0 bridgehead atoms. The highest BCUT2D eigenvalue weighted by Crippen LogP contribution is 2.30. The molecule has 1 aromatic heterocycles. The molecule has 0 aliphatic rings. The molecule has 3 aromatic rings. The molecule has 2 aromatic carbocycles. The number of anilines is 3. The van der Waals surface area contributed by atoms with Gasteiger partial charge in [-0.05, 0) is 36.8 Å². The summed E-state index contributed by atoms with van der Waals surface area (Å²) < 4.78 is 10.5. The van der Waals surface area contributed by atoms with Gasteiger partial charge in [-0.25, -0.2) is 4.98 Å². The van der Waals surface area contributed by atoms with Crippen molar-refractivity contribution in [3.05, 3.63) is 59.1 Å². The molecule has 26 heavy (non-hydrogen) atoms. The lowest BCUT2D eigenvalue weighted by Gasteiger charge is -2.09. The molecule has 134 valence electrons. The molecule has 1 amide bonds. The first kappa shape index (κ1) is 17.8. The maximum absolute atomic E-state index is 12.4. The number of carbonyl (C=O) groups is 1. The summed E-state index contributed by atoms with van der Waals surface area (Å²) in [6, 6.07) is 13.0. The molecule has 0 fully saturated rings. The van der Waals surface area contributed by atoms with E-state index in [0.29, 0.717) is 28.0 Å². The molecule has 0 radical (unpaired) electrons. The number of rotatable bonds is 6. The van der Waals surface area contributed by atoms with Crippen molar-refractivity contribution in [2.45, 2.75) is 6.92 Å². The van der Waals surface area contributed by atoms with Gasteiger partial charge in [-0.2, -0.15) is 0 Å². The molecule has 0 saturated carbocycles. The number of hydrogen-bond acceptors (Lipinski definition) is 6. The first-order valence-corrected chi connectivity index (χ1v) is 8.79. The average molecular weight is 369 g/mol. The highest BCUT2D eigenvalue weighted by atomic mass is 32.1. The Balaban J connectivity index is 1.73. The normalized spacial score (nSPS) is 10.3. The Morgan fingerprint density at radius 1 is 1.12 bits per heavy atom. The van der Waals surface area contributed by atoms with E-state index in [9.17, 15) is 4.79 Å². The number of hydrogen-bond donors (Lipinski definition) is 2. The minimum atomic E-state index is -0.279. The Bertz CT molecular complexity index is 924. The topological polar surface area (TPSA) is 72.5 Å². The first-order valence-electron chi connectivity index (χ1n) is 7.91. The third-order valence-corrected chi connectivity index (χ3v) is 4.42. The predicted molar refractivity (Wildman–Crippen MR) is 104 cm³/mol. The van der Waals surface area contributed by atoms with E-state index in [2.05, 4.69) is 15.6 Å². The van der Waals surface area contributed by atoms with Gasteiger partial charge in [-0.3, -0.25) is 4.79 Å². The summed E-state index contributed by atoms with van der Waals surface area (Å²) in [7, 11) is 3.20. The van der Waals surface area contributed by atoms with Crippen molar-refractivity contribution in [2.24, 2.45) is 0 Å². The van der Waals surface area contributed by atoms with Crippen molar-refractivity contribution in [1.29, 1.82) is 0 Å². The molecule has 1 heterocycles. The van der Waals surface area contributed by atoms with Crippen LogP contribution in [0.25, 0.3) is 0 Å². The van der Waals surface area contributed by atoms with Gasteiger partial charge < -0.3 is 20.1 Å². The van der Waals surface area contributed by atoms with Crippen LogP contribution in [0, 0.1) is 6.92 Å². The summed E-state index contributed by atoms with van der Waals surface area (Å²) in [4.78, 5) is 16.8. The highest BCUT2D eigenvalue weighted by Gasteiger charge is 2.13. The van der Waals surface area contributed by atoms with E-state index in [-0.39, 0.29) is 5.91 Å². The second kappa shape index (κ2) is 7.88. The minimum Gasteiger partial charge on any atom is -0.497 e. The smallest absolute Gasteiger partial charge is 0.275 e. The quantitative estimate of drug-likeness (QED) is 0.671. The van der Waals surface area contributed by atoms with E-state index in [1.807, 2.05) is 37.3 Å². The van der Waals surface area contributed by atoms with Gasteiger partial charge in [0.2, 0.25) is 0 Å². The summed E-state index contributed by atoms with van der Waals surface area (Å²) in [5.74, 6) is 1.11. The van der Waals surface area contributed by atoms with Crippen LogP contribution in [0.2, 0.25) is 0 Å². The number of methoxy groups -OCH3 is 2. The Morgan fingerprint density at radius 3 is 2.73 bits per heavy atom. The molecule has 0 unspecified atom stereocenters. The first-order chi connectivity index (χ1) is 12.6. The Kier molecular flexibility index (Phi) is 5.38. The number of aryl methyl sites for hydroxylation is 1. The van der Waals surface area contributed by atoms with Gasteiger partial charge >= 0.3 is 0 Å². The van der Waals surface area contributed by atoms with Crippen molar-refractivity contribution in [3.8, 4) is 11.5 Å². The molecule has 0 aliphatic heterocycles. The lowest BCUT2D eigenvalue weighted by molar-refractivity contribution is 0.102. The lowest BCUT2D eigenvalue weighted by Crippen LogP contribution is -2.12. The van der Waals surface area contributed by atoms with Crippen molar-refractivity contribution >= 4 is 33.8 Å². The number of ether oxygens (including phenoxy) is 2. The molecule has 0 saturated heterocycles. The van der Waals surface area contributed by atoms with Crippen LogP contribution in [0.5, 0.6) is 11.5 Å². The zero-order chi connectivity index (χ0) is 18.5. The van der Waals surface area contributed by atoms with Gasteiger partial charge in [0.1, 0.15) is 17.2 Å². The van der Waals surface area contributed by atoms with Crippen molar-refractivity contribution in [3.63, 3.8) is 0 Å². The summed E-state index contributed by atoms with van der Waals surface area (Å²) >= 11 is 1.35. The summed E-state index contributed by atoms with van der Waals surface area (Å²) in [6.45, 7) is 2.00. The van der Waals surface area contributed by atoms with Crippen LogP contribution < -0.4 is 20.1 Å². The summed E-state index contributed by atoms with van der Waals surface area (Å²) in [5.41, 5.74) is 2.90. The standard InChI is InChI=1S/C19H19N3O3S/c1-12-7-8-17(25-3)15(9-12)21-19-22-16(11-26-19)18(23)20-13-5-4-6-14(10-13)24-2/h4-11H,1-3H3,(H,20,23)(H,21,22). The van der Waals surface area contributed by atoms with E-state index >= 15 is 0 Å². The van der Waals surface area contributed by atoms with Crippen LogP contribution in [0.4, 0.5) is 16.5 Å². The van der Waals surface area contributed by atoms with Gasteiger partial charge in [0.05, 0.1) is 19.9 Å². The Hall–Kier alpha value is -3.06. The maximum atomic E-state index is 12.4. The number of benzene rings is 2. The lowest BCUT2D eigenvalue weighted by atomic mass is 10.2. The fourth-order valence-corrected chi connectivity index (χ4v) is 3.07. The number of carbonyl (C=O) groups excluding carboxylic acids is 1. The van der Waals surface area contributed by atoms with Gasteiger partial charge in [-0.1, -0.05) is 12.1 Å². The van der Waals surface area contributed by atoms with Gasteiger partial charge in [0, 0.05) is 17.1 Å². The molecule has 0 atom stereocenters. The van der Waals surface area contributed by atoms with Crippen molar-refractivity contribution < 1.29 is 14.3 Å². The SMILES string of the molecule is COc1cccc(NC(=O)c2csc(Nc3cc(C)ccc3OC)n2)c1. The second-order valence-electron chi connectivity index (χ2n) is 5.55. The third kappa shape index (κ3) is 4.12. The molecule has 0 aliphatic carbocycles. The minimum absolute atomic E-state index is 0.279. The predicted octanol–water partition coefficient (Wildman–Crippen LogP) is 4.46. The molecule has 3 rings (SSSR count). The zero-order valence-corrected chi connectivity index (χ0v) is 15.5. The van der Waals surface area contributed by atoms with Crippen LogP contribution in [-0.4, -0.2) is 25.1 Å². The summed E-state index contributed by atoms with van der Waals surface area (Å²) in [5, 5.41) is 8.34. The third-order valence-electron chi connectivity index (χ3n) is 3.66. The number of nitrogens with one attached hydrogen (secondary N) is 2. The maximum Gasteiger partial charge on any atom is 0.275 e. The molecular formula is C19H19N3O3S. The molecular weight excluding hydrogens is 350 g/mol. The van der Waals surface area contributed by atoms with Crippen molar-refractivity contribution in [2.75, 3.05) is 24.9 Å². The second-order valence-corrected chi connectivity index (χ2v) is 6.41. The number of nitrogens with zero attached hydrogens (tertiary/aromatic N) is 1. The molecule has 2 N–H and O–H groups in total. The molecule has 7 heteroatoms. The van der Waals surface area contributed by atoms with E-state index < -0.39 is 0 Å². The van der Waals surface area contributed by atoms with E-state index in [1.165, 1.54) is 11.3 Å². The van der Waals surface area contributed by atoms with Gasteiger partial charge in [0.15, 0.2) is 5.13 Å². The fraction of sp³-hybridized carbons (Fsp3) is 0.158. The van der Waals surface area contributed by atoms with Crippen LogP contribution in [0.3, 0.4) is 0 Å². The summed E-state index contributed by atoms with van der Waals surface area (Å²) in [6.07, 6.45) is 0. The van der Waals surface area contributed by atoms with Crippen LogP contribution in [-0.2, 0) is 0 Å². The number of thiazole rings is 1. The average Bonchev–Trinajstić information content (AvgIpc) is 3.11. The largest absolute Gasteiger partial charge is 0.497 e. The van der Waals surface area contributed by atoms with E-state index in [1.54, 1.807) is 31.7 Å². The molecule has 6 nitrogen and oxygen atoms in total. The highest BCUT2D eigenvalue weighted by molar-refractivity contribution is 7.14. The molecule has 0 spiro atoms. The van der Waals surface area contributed by atoms with E-state index in [0.717, 1.165) is 11.3 Å². The Morgan fingerprint density at radius 2 is 1.96 bits per heavy atom.